The summed E-state index contributed by atoms with van der Waals surface area (Å²) in [5.41, 5.74) is 1.95. The van der Waals surface area contributed by atoms with Crippen molar-refractivity contribution in [2.75, 3.05) is 11.9 Å². The van der Waals surface area contributed by atoms with E-state index in [-0.39, 0.29) is 11.4 Å². The molecule has 1 amide bonds. The molecule has 2 N–H and O–H groups in total. The van der Waals surface area contributed by atoms with Gasteiger partial charge in [0.15, 0.2) is 0 Å². The average molecular weight is 235 g/mol. The highest BCUT2D eigenvalue weighted by Gasteiger charge is 2.12. The first kappa shape index (κ1) is 13.5. The van der Waals surface area contributed by atoms with Crippen LogP contribution >= 0.6 is 0 Å². The standard InChI is InChI=1S/C13H21N3O/c1-10-9-14-7-5-11(10)15-8-6-12(17)16-13(2,3)4/h5,7,9H,6,8H2,1-4H3,(H,14,15)(H,16,17). The van der Waals surface area contributed by atoms with E-state index < -0.39 is 0 Å². The van der Waals surface area contributed by atoms with Gasteiger partial charge in [-0.05, 0) is 39.3 Å². The van der Waals surface area contributed by atoms with Crippen molar-refractivity contribution in [2.24, 2.45) is 0 Å². The maximum absolute atomic E-state index is 11.6. The Balaban J connectivity index is 2.34. The summed E-state index contributed by atoms with van der Waals surface area (Å²) >= 11 is 0. The number of nitrogens with zero attached hydrogens (tertiary/aromatic N) is 1. The maximum Gasteiger partial charge on any atom is 0.222 e. The monoisotopic (exact) mass is 235 g/mol. The minimum atomic E-state index is -0.163. The van der Waals surface area contributed by atoms with Gasteiger partial charge in [-0.25, -0.2) is 0 Å². The van der Waals surface area contributed by atoms with Gasteiger partial charge in [0, 0.05) is 36.6 Å². The van der Waals surface area contributed by atoms with Gasteiger partial charge in [0.05, 0.1) is 0 Å². The Morgan fingerprint density at radius 1 is 1.41 bits per heavy atom. The number of hydrogen-bond acceptors (Lipinski definition) is 3. The molecule has 0 radical (unpaired) electrons. The van der Waals surface area contributed by atoms with Gasteiger partial charge in [-0.1, -0.05) is 0 Å². The highest BCUT2D eigenvalue weighted by molar-refractivity contribution is 5.77. The number of pyridine rings is 1. The van der Waals surface area contributed by atoms with Crippen LogP contribution in [0, 0.1) is 6.92 Å². The third-order valence-electron chi connectivity index (χ3n) is 2.20. The molecule has 1 heterocycles. The zero-order valence-electron chi connectivity index (χ0n) is 11.0. The van der Waals surface area contributed by atoms with Crippen LogP contribution in [0.15, 0.2) is 18.5 Å². The van der Waals surface area contributed by atoms with Gasteiger partial charge in [0.2, 0.25) is 5.91 Å². The summed E-state index contributed by atoms with van der Waals surface area (Å²) < 4.78 is 0. The fourth-order valence-electron chi connectivity index (χ4n) is 1.46. The van der Waals surface area contributed by atoms with Crippen molar-refractivity contribution >= 4 is 11.6 Å². The van der Waals surface area contributed by atoms with Crippen LogP contribution in [0.2, 0.25) is 0 Å². The van der Waals surface area contributed by atoms with Crippen molar-refractivity contribution in [3.63, 3.8) is 0 Å². The van der Waals surface area contributed by atoms with Crippen LogP contribution in [0.3, 0.4) is 0 Å². The minimum Gasteiger partial charge on any atom is -0.384 e. The molecule has 0 aliphatic rings. The number of anilines is 1. The minimum absolute atomic E-state index is 0.0664. The van der Waals surface area contributed by atoms with Crippen LogP contribution < -0.4 is 10.6 Å². The number of amides is 1. The molecule has 0 saturated carbocycles. The second-order valence-electron chi connectivity index (χ2n) is 5.17. The molecular formula is C13H21N3O. The predicted molar refractivity (Wildman–Crippen MR) is 70.0 cm³/mol. The van der Waals surface area contributed by atoms with E-state index in [9.17, 15) is 4.79 Å². The van der Waals surface area contributed by atoms with Gasteiger partial charge in [-0.2, -0.15) is 0 Å². The molecule has 1 aromatic rings. The van der Waals surface area contributed by atoms with Crippen molar-refractivity contribution in [1.82, 2.24) is 10.3 Å². The summed E-state index contributed by atoms with van der Waals surface area (Å²) in [5, 5.41) is 6.16. The van der Waals surface area contributed by atoms with Crippen LogP contribution in [0.1, 0.15) is 32.8 Å². The molecule has 1 aromatic heterocycles. The number of aromatic nitrogens is 1. The molecule has 0 atom stereocenters. The van der Waals surface area contributed by atoms with Crippen molar-refractivity contribution in [2.45, 2.75) is 39.7 Å². The first-order chi connectivity index (χ1) is 7.88. The van der Waals surface area contributed by atoms with E-state index in [2.05, 4.69) is 15.6 Å². The van der Waals surface area contributed by atoms with Gasteiger partial charge in [-0.3, -0.25) is 9.78 Å². The molecule has 4 nitrogen and oxygen atoms in total. The molecule has 17 heavy (non-hydrogen) atoms. The summed E-state index contributed by atoms with van der Waals surface area (Å²) in [7, 11) is 0. The molecule has 0 saturated heterocycles. The molecule has 0 aliphatic carbocycles. The van der Waals surface area contributed by atoms with Crippen molar-refractivity contribution in [3.05, 3.63) is 24.0 Å². The Kier molecular flexibility index (Phi) is 4.49. The lowest BCUT2D eigenvalue weighted by atomic mass is 10.1. The van der Waals surface area contributed by atoms with Gasteiger partial charge >= 0.3 is 0 Å². The number of nitrogens with one attached hydrogen (secondary N) is 2. The number of hydrogen-bond donors (Lipinski definition) is 2. The number of rotatable bonds is 4. The van der Waals surface area contributed by atoms with E-state index in [4.69, 9.17) is 0 Å². The largest absolute Gasteiger partial charge is 0.384 e. The molecule has 94 valence electrons. The Morgan fingerprint density at radius 2 is 2.12 bits per heavy atom. The van der Waals surface area contributed by atoms with Crippen molar-refractivity contribution < 1.29 is 4.79 Å². The summed E-state index contributed by atoms with van der Waals surface area (Å²) in [6.45, 7) is 8.55. The highest BCUT2D eigenvalue weighted by atomic mass is 16.1. The molecule has 0 bridgehead atoms. The van der Waals surface area contributed by atoms with Gasteiger partial charge < -0.3 is 10.6 Å². The van der Waals surface area contributed by atoms with Crippen LogP contribution in [-0.4, -0.2) is 23.0 Å². The Hall–Kier alpha value is -1.58. The zero-order valence-corrected chi connectivity index (χ0v) is 11.0. The Morgan fingerprint density at radius 3 is 2.71 bits per heavy atom. The summed E-state index contributed by atoms with van der Waals surface area (Å²) in [6.07, 6.45) is 4.02. The quantitative estimate of drug-likeness (QED) is 0.840. The van der Waals surface area contributed by atoms with E-state index >= 15 is 0 Å². The number of carbonyl (C=O) groups is 1. The molecular weight excluding hydrogens is 214 g/mol. The Bertz CT molecular complexity index is 382. The second kappa shape index (κ2) is 5.66. The first-order valence-corrected chi connectivity index (χ1v) is 5.84. The molecule has 0 aliphatic heterocycles. The van der Waals surface area contributed by atoms with Crippen LogP contribution in [0.5, 0.6) is 0 Å². The lowest BCUT2D eigenvalue weighted by Gasteiger charge is -2.20. The maximum atomic E-state index is 11.6. The van der Waals surface area contributed by atoms with Crippen molar-refractivity contribution in [1.29, 1.82) is 0 Å². The number of aryl methyl sites for hydroxylation is 1. The fourth-order valence-corrected chi connectivity index (χ4v) is 1.46. The Labute approximate surface area is 103 Å². The molecule has 4 heteroatoms. The molecule has 0 unspecified atom stereocenters. The molecule has 0 aromatic carbocycles. The lowest BCUT2D eigenvalue weighted by Crippen LogP contribution is -2.41. The van der Waals surface area contributed by atoms with Crippen molar-refractivity contribution in [3.8, 4) is 0 Å². The van der Waals surface area contributed by atoms with E-state index in [0.29, 0.717) is 13.0 Å². The summed E-state index contributed by atoms with van der Waals surface area (Å²) in [5.74, 6) is 0.0664. The van der Waals surface area contributed by atoms with Gasteiger partial charge in [-0.15, -0.1) is 0 Å². The molecule has 0 fully saturated rings. The predicted octanol–water partition coefficient (Wildman–Crippen LogP) is 2.11. The van der Waals surface area contributed by atoms with Gasteiger partial charge in [0.25, 0.3) is 0 Å². The van der Waals surface area contributed by atoms with E-state index in [1.165, 1.54) is 0 Å². The number of carbonyl (C=O) groups excluding carboxylic acids is 1. The molecule has 1 rings (SSSR count). The fraction of sp³-hybridized carbons (Fsp3) is 0.538. The summed E-state index contributed by atoms with van der Waals surface area (Å²) in [4.78, 5) is 15.6. The van der Waals surface area contributed by atoms with E-state index in [1.54, 1.807) is 12.4 Å². The van der Waals surface area contributed by atoms with E-state index in [0.717, 1.165) is 11.3 Å². The zero-order chi connectivity index (χ0) is 12.9. The summed E-state index contributed by atoms with van der Waals surface area (Å²) in [6, 6.07) is 1.91. The SMILES string of the molecule is Cc1cnccc1NCCC(=O)NC(C)(C)C. The van der Waals surface area contributed by atoms with E-state index in [1.807, 2.05) is 33.8 Å². The average Bonchev–Trinajstić information content (AvgIpc) is 2.18. The van der Waals surface area contributed by atoms with Gasteiger partial charge in [0.1, 0.15) is 0 Å². The first-order valence-electron chi connectivity index (χ1n) is 5.84. The third kappa shape index (κ3) is 5.33. The van der Waals surface area contributed by atoms with Crippen LogP contribution in [0.25, 0.3) is 0 Å². The normalized spacial score (nSPS) is 11.1. The highest BCUT2D eigenvalue weighted by Crippen LogP contribution is 2.11. The van der Waals surface area contributed by atoms with Crippen LogP contribution in [0.4, 0.5) is 5.69 Å². The molecule has 0 spiro atoms. The second-order valence-corrected chi connectivity index (χ2v) is 5.17. The smallest absolute Gasteiger partial charge is 0.222 e. The topological polar surface area (TPSA) is 54.0 Å². The third-order valence-corrected chi connectivity index (χ3v) is 2.20. The lowest BCUT2D eigenvalue weighted by molar-refractivity contribution is -0.122. The van der Waals surface area contributed by atoms with Crippen LogP contribution in [-0.2, 0) is 4.79 Å².